The highest BCUT2D eigenvalue weighted by Gasteiger charge is 2.35. The molecular weight excluding hydrogens is 336 g/mol. The molecule has 1 N–H and O–H groups in total. The normalized spacial score (nSPS) is 17.0. The molecule has 1 atom stereocenters. The fourth-order valence-corrected chi connectivity index (χ4v) is 3.24. The monoisotopic (exact) mass is 356 g/mol. The third-order valence-corrected chi connectivity index (χ3v) is 5.21. The Morgan fingerprint density at radius 1 is 1.16 bits per heavy atom. The SMILES string of the molecule is Cc1ccc(NC(=O)C2CC(=O)N(c3cccc(Cl)c3C)C2)cc1C. The summed E-state index contributed by atoms with van der Waals surface area (Å²) < 4.78 is 0. The molecule has 0 spiro atoms. The molecule has 0 aromatic heterocycles. The van der Waals surface area contributed by atoms with Crippen LogP contribution in [0.1, 0.15) is 23.1 Å². The van der Waals surface area contributed by atoms with Gasteiger partial charge in [0.25, 0.3) is 0 Å². The van der Waals surface area contributed by atoms with E-state index in [9.17, 15) is 9.59 Å². The predicted octanol–water partition coefficient (Wildman–Crippen LogP) is 4.26. The maximum atomic E-state index is 12.6. The zero-order chi connectivity index (χ0) is 18.1. The molecule has 0 radical (unpaired) electrons. The second-order valence-corrected chi connectivity index (χ2v) is 6.98. The van der Waals surface area contributed by atoms with Gasteiger partial charge < -0.3 is 10.2 Å². The van der Waals surface area contributed by atoms with Crippen molar-refractivity contribution in [3.8, 4) is 0 Å². The zero-order valence-corrected chi connectivity index (χ0v) is 15.4. The minimum Gasteiger partial charge on any atom is -0.326 e. The number of rotatable bonds is 3. The van der Waals surface area contributed by atoms with Gasteiger partial charge >= 0.3 is 0 Å². The fraction of sp³-hybridized carbons (Fsp3) is 0.300. The fourth-order valence-electron chi connectivity index (χ4n) is 3.07. The summed E-state index contributed by atoms with van der Waals surface area (Å²) in [6, 6.07) is 11.3. The molecule has 25 heavy (non-hydrogen) atoms. The van der Waals surface area contributed by atoms with E-state index in [0.29, 0.717) is 11.6 Å². The summed E-state index contributed by atoms with van der Waals surface area (Å²) in [6.45, 7) is 6.29. The lowest BCUT2D eigenvalue weighted by Crippen LogP contribution is -2.28. The van der Waals surface area contributed by atoms with Crippen molar-refractivity contribution < 1.29 is 9.59 Å². The maximum Gasteiger partial charge on any atom is 0.229 e. The van der Waals surface area contributed by atoms with E-state index in [-0.39, 0.29) is 24.2 Å². The smallest absolute Gasteiger partial charge is 0.229 e. The molecule has 1 aliphatic rings. The first-order valence-corrected chi connectivity index (χ1v) is 8.68. The number of benzene rings is 2. The molecule has 2 aromatic carbocycles. The topological polar surface area (TPSA) is 49.4 Å². The van der Waals surface area contributed by atoms with Crippen LogP contribution in [0.2, 0.25) is 5.02 Å². The number of nitrogens with one attached hydrogen (secondary N) is 1. The molecular formula is C20H21ClN2O2. The highest BCUT2D eigenvalue weighted by molar-refractivity contribution is 6.31. The standard InChI is InChI=1S/C20H21ClN2O2/c1-12-7-8-16(9-13(12)2)22-20(25)15-10-19(24)23(11-15)18-6-4-5-17(21)14(18)3/h4-9,15H,10-11H2,1-3H3,(H,22,25). The van der Waals surface area contributed by atoms with Crippen molar-refractivity contribution >= 4 is 34.8 Å². The zero-order valence-electron chi connectivity index (χ0n) is 14.6. The Morgan fingerprint density at radius 3 is 2.64 bits per heavy atom. The first-order valence-electron chi connectivity index (χ1n) is 8.30. The van der Waals surface area contributed by atoms with Crippen LogP contribution in [0.3, 0.4) is 0 Å². The second-order valence-electron chi connectivity index (χ2n) is 6.58. The highest BCUT2D eigenvalue weighted by atomic mass is 35.5. The number of amides is 2. The molecule has 2 aromatic rings. The van der Waals surface area contributed by atoms with E-state index in [2.05, 4.69) is 5.32 Å². The summed E-state index contributed by atoms with van der Waals surface area (Å²) in [6.07, 6.45) is 0.211. The molecule has 3 rings (SSSR count). The van der Waals surface area contributed by atoms with Crippen molar-refractivity contribution in [3.63, 3.8) is 0 Å². The van der Waals surface area contributed by atoms with Crippen molar-refractivity contribution in [2.75, 3.05) is 16.8 Å². The van der Waals surface area contributed by atoms with Crippen molar-refractivity contribution in [1.82, 2.24) is 0 Å². The summed E-state index contributed by atoms with van der Waals surface area (Å²) in [5.41, 5.74) is 4.69. The molecule has 0 aliphatic carbocycles. The second kappa shape index (κ2) is 6.89. The van der Waals surface area contributed by atoms with Crippen LogP contribution in [0.25, 0.3) is 0 Å². The Morgan fingerprint density at radius 2 is 1.92 bits per heavy atom. The molecule has 0 bridgehead atoms. The molecule has 1 heterocycles. The third-order valence-electron chi connectivity index (χ3n) is 4.80. The van der Waals surface area contributed by atoms with Gasteiger partial charge in [-0.1, -0.05) is 23.7 Å². The molecule has 5 heteroatoms. The average Bonchev–Trinajstić information content (AvgIpc) is 2.95. The summed E-state index contributed by atoms with van der Waals surface area (Å²) >= 11 is 6.16. The van der Waals surface area contributed by atoms with Crippen molar-refractivity contribution in [3.05, 3.63) is 58.1 Å². The number of halogens is 1. The summed E-state index contributed by atoms with van der Waals surface area (Å²) in [7, 11) is 0. The van der Waals surface area contributed by atoms with E-state index < -0.39 is 0 Å². The number of carbonyl (C=O) groups is 2. The van der Waals surface area contributed by atoms with Crippen LogP contribution < -0.4 is 10.2 Å². The summed E-state index contributed by atoms with van der Waals surface area (Å²) in [5.74, 6) is -0.545. The van der Waals surface area contributed by atoms with Gasteiger partial charge in [0.15, 0.2) is 0 Å². The molecule has 1 aliphatic heterocycles. The molecule has 1 unspecified atom stereocenters. The lowest BCUT2D eigenvalue weighted by atomic mass is 10.1. The Balaban J connectivity index is 1.74. The lowest BCUT2D eigenvalue weighted by molar-refractivity contribution is -0.122. The Kier molecular flexibility index (Phi) is 4.82. The number of anilines is 2. The third kappa shape index (κ3) is 3.54. The summed E-state index contributed by atoms with van der Waals surface area (Å²) in [5, 5.41) is 3.55. The molecule has 0 saturated carbocycles. The number of hydrogen-bond acceptors (Lipinski definition) is 2. The average molecular weight is 357 g/mol. The van der Waals surface area contributed by atoms with E-state index in [1.165, 1.54) is 5.56 Å². The molecule has 4 nitrogen and oxygen atoms in total. The Labute approximate surface area is 152 Å². The predicted molar refractivity (Wildman–Crippen MR) is 101 cm³/mol. The maximum absolute atomic E-state index is 12.6. The van der Waals surface area contributed by atoms with Crippen LogP contribution in [0.4, 0.5) is 11.4 Å². The van der Waals surface area contributed by atoms with Gasteiger partial charge in [-0.25, -0.2) is 0 Å². The minimum absolute atomic E-state index is 0.0504. The quantitative estimate of drug-likeness (QED) is 0.893. The van der Waals surface area contributed by atoms with Crippen LogP contribution in [0.5, 0.6) is 0 Å². The first-order chi connectivity index (χ1) is 11.9. The van der Waals surface area contributed by atoms with Crippen molar-refractivity contribution in [1.29, 1.82) is 0 Å². The minimum atomic E-state index is -0.368. The van der Waals surface area contributed by atoms with E-state index in [4.69, 9.17) is 11.6 Å². The van der Waals surface area contributed by atoms with Gasteiger partial charge in [-0.2, -0.15) is 0 Å². The van der Waals surface area contributed by atoms with Gasteiger partial charge in [0.05, 0.1) is 5.92 Å². The van der Waals surface area contributed by atoms with E-state index in [0.717, 1.165) is 22.5 Å². The van der Waals surface area contributed by atoms with Crippen molar-refractivity contribution in [2.45, 2.75) is 27.2 Å². The number of carbonyl (C=O) groups excluding carboxylic acids is 2. The van der Waals surface area contributed by atoms with Crippen LogP contribution in [-0.2, 0) is 9.59 Å². The number of nitrogens with zero attached hydrogens (tertiary/aromatic N) is 1. The van der Waals surface area contributed by atoms with Crippen LogP contribution in [-0.4, -0.2) is 18.4 Å². The molecule has 2 amide bonds. The Bertz CT molecular complexity index is 848. The van der Waals surface area contributed by atoms with Crippen molar-refractivity contribution in [2.24, 2.45) is 5.92 Å². The Hall–Kier alpha value is -2.33. The van der Waals surface area contributed by atoms with Crippen LogP contribution in [0.15, 0.2) is 36.4 Å². The first kappa shape index (κ1) is 17.5. The van der Waals surface area contributed by atoms with E-state index in [1.807, 2.05) is 51.1 Å². The molecule has 1 fully saturated rings. The van der Waals surface area contributed by atoms with E-state index >= 15 is 0 Å². The number of hydrogen-bond donors (Lipinski definition) is 1. The summed E-state index contributed by atoms with van der Waals surface area (Å²) in [4.78, 5) is 26.6. The van der Waals surface area contributed by atoms with Gasteiger partial charge in [0.1, 0.15) is 0 Å². The molecule has 1 saturated heterocycles. The van der Waals surface area contributed by atoms with Crippen LogP contribution in [0, 0.1) is 26.7 Å². The van der Waals surface area contributed by atoms with Gasteiger partial charge in [-0.15, -0.1) is 0 Å². The van der Waals surface area contributed by atoms with E-state index in [1.54, 1.807) is 11.0 Å². The highest BCUT2D eigenvalue weighted by Crippen LogP contribution is 2.31. The van der Waals surface area contributed by atoms with Gasteiger partial charge in [-0.05, 0) is 61.7 Å². The lowest BCUT2D eigenvalue weighted by Gasteiger charge is -2.19. The largest absolute Gasteiger partial charge is 0.326 e. The molecule has 130 valence electrons. The van der Waals surface area contributed by atoms with Gasteiger partial charge in [0.2, 0.25) is 11.8 Å². The number of aryl methyl sites for hydroxylation is 2. The van der Waals surface area contributed by atoms with Gasteiger partial charge in [0, 0.05) is 29.4 Å². The van der Waals surface area contributed by atoms with Crippen LogP contribution >= 0.6 is 11.6 Å². The van der Waals surface area contributed by atoms with Gasteiger partial charge in [-0.3, -0.25) is 9.59 Å².